The molecule has 4 nitrogen and oxygen atoms in total. The third-order valence-electron chi connectivity index (χ3n) is 2.20. The van der Waals surface area contributed by atoms with Crippen LogP contribution in [0.5, 0.6) is 5.75 Å². The first-order chi connectivity index (χ1) is 7.58. The number of benzene rings is 1. The van der Waals surface area contributed by atoms with Gasteiger partial charge >= 0.3 is 0 Å². The average Bonchev–Trinajstić information content (AvgIpc) is 2.15. The molecule has 5 heteroatoms. The normalized spacial score (nSPS) is 10.4. The summed E-state index contributed by atoms with van der Waals surface area (Å²) in [6.07, 6.45) is 0. The molecule has 0 amide bonds. The summed E-state index contributed by atoms with van der Waals surface area (Å²) in [7, 11) is 0. The van der Waals surface area contributed by atoms with Gasteiger partial charge in [-0.25, -0.2) is 9.97 Å². The third kappa shape index (κ3) is 1.92. The van der Waals surface area contributed by atoms with Gasteiger partial charge in [0.05, 0.1) is 5.69 Å². The van der Waals surface area contributed by atoms with Crippen molar-refractivity contribution in [3.05, 3.63) is 35.1 Å². The summed E-state index contributed by atoms with van der Waals surface area (Å²) >= 11 is 6.01. The highest BCUT2D eigenvalue weighted by Crippen LogP contribution is 2.30. The topological polar surface area (TPSA) is 72.0 Å². The fraction of sp³-hybridized carbons (Fsp3) is 0.0909. The first-order valence-corrected chi connectivity index (χ1v) is 5.05. The smallest absolute Gasteiger partial charge is 0.221 e. The number of aromatic nitrogens is 2. The van der Waals surface area contributed by atoms with Gasteiger partial charge in [0.1, 0.15) is 10.9 Å². The molecular weight excluding hydrogens is 226 g/mol. The van der Waals surface area contributed by atoms with E-state index in [9.17, 15) is 5.11 Å². The Morgan fingerprint density at radius 3 is 2.69 bits per heavy atom. The van der Waals surface area contributed by atoms with E-state index >= 15 is 0 Å². The number of halogens is 1. The highest BCUT2D eigenvalue weighted by Gasteiger charge is 2.11. The van der Waals surface area contributed by atoms with Crippen LogP contribution in [0.4, 0.5) is 5.95 Å². The first-order valence-electron chi connectivity index (χ1n) is 4.67. The van der Waals surface area contributed by atoms with Gasteiger partial charge < -0.3 is 10.8 Å². The number of aromatic hydroxyl groups is 1. The second-order valence-corrected chi connectivity index (χ2v) is 3.74. The number of rotatable bonds is 1. The van der Waals surface area contributed by atoms with E-state index < -0.39 is 0 Å². The average molecular weight is 236 g/mol. The van der Waals surface area contributed by atoms with Gasteiger partial charge in [-0.05, 0) is 24.6 Å². The van der Waals surface area contributed by atoms with Gasteiger partial charge in [-0.1, -0.05) is 23.7 Å². The fourth-order valence-corrected chi connectivity index (χ4v) is 1.88. The second-order valence-electron chi connectivity index (χ2n) is 3.38. The minimum absolute atomic E-state index is 0.145. The van der Waals surface area contributed by atoms with E-state index in [0.717, 1.165) is 5.56 Å². The maximum atomic E-state index is 9.40. The van der Waals surface area contributed by atoms with Crippen LogP contribution in [0, 0.1) is 6.92 Å². The monoisotopic (exact) mass is 235 g/mol. The van der Waals surface area contributed by atoms with Crippen LogP contribution in [-0.4, -0.2) is 15.1 Å². The van der Waals surface area contributed by atoms with E-state index in [1.54, 1.807) is 25.1 Å². The van der Waals surface area contributed by atoms with Crippen molar-refractivity contribution >= 4 is 17.5 Å². The minimum Gasteiger partial charge on any atom is -0.508 e. The molecule has 0 unspecified atom stereocenters. The predicted octanol–water partition coefficient (Wildman–Crippen LogP) is 2.39. The molecule has 1 aromatic heterocycles. The van der Waals surface area contributed by atoms with Crippen LogP contribution in [0.15, 0.2) is 24.3 Å². The van der Waals surface area contributed by atoms with Crippen LogP contribution in [0.25, 0.3) is 11.1 Å². The van der Waals surface area contributed by atoms with Crippen LogP contribution in [0.1, 0.15) is 5.69 Å². The molecule has 0 atom stereocenters. The maximum absolute atomic E-state index is 9.40. The summed E-state index contributed by atoms with van der Waals surface area (Å²) in [6, 6.07) is 6.75. The van der Waals surface area contributed by atoms with Gasteiger partial charge in [0, 0.05) is 5.56 Å². The SMILES string of the molecule is Cc1nc(N)nc(Cl)c1-c1cccc(O)c1. The molecule has 1 aromatic carbocycles. The van der Waals surface area contributed by atoms with Crippen molar-refractivity contribution in [3.63, 3.8) is 0 Å². The molecule has 2 rings (SSSR count). The van der Waals surface area contributed by atoms with E-state index in [0.29, 0.717) is 11.3 Å². The van der Waals surface area contributed by atoms with Crippen molar-refractivity contribution in [2.24, 2.45) is 0 Å². The van der Waals surface area contributed by atoms with Crippen molar-refractivity contribution < 1.29 is 5.11 Å². The van der Waals surface area contributed by atoms with E-state index in [1.165, 1.54) is 0 Å². The lowest BCUT2D eigenvalue weighted by molar-refractivity contribution is 0.475. The van der Waals surface area contributed by atoms with E-state index in [4.69, 9.17) is 17.3 Å². The van der Waals surface area contributed by atoms with Crippen molar-refractivity contribution in [2.45, 2.75) is 6.92 Å². The molecule has 0 spiro atoms. The molecule has 16 heavy (non-hydrogen) atoms. The molecule has 3 N–H and O–H groups in total. The molecule has 0 aliphatic carbocycles. The predicted molar refractivity (Wildman–Crippen MR) is 63.3 cm³/mol. The lowest BCUT2D eigenvalue weighted by atomic mass is 10.1. The number of hydrogen-bond acceptors (Lipinski definition) is 4. The van der Waals surface area contributed by atoms with Gasteiger partial charge in [-0.2, -0.15) is 0 Å². The summed E-state index contributed by atoms with van der Waals surface area (Å²) < 4.78 is 0. The number of nitrogens with zero attached hydrogens (tertiary/aromatic N) is 2. The molecule has 2 aromatic rings. The van der Waals surface area contributed by atoms with E-state index in [2.05, 4.69) is 9.97 Å². The van der Waals surface area contributed by atoms with Gasteiger partial charge in [-0.3, -0.25) is 0 Å². The van der Waals surface area contributed by atoms with Crippen molar-refractivity contribution in [3.8, 4) is 16.9 Å². The number of phenolic OH excluding ortho intramolecular Hbond substituents is 1. The minimum atomic E-state index is 0.145. The Morgan fingerprint density at radius 1 is 1.31 bits per heavy atom. The number of nitrogens with two attached hydrogens (primary N) is 1. The summed E-state index contributed by atoms with van der Waals surface area (Å²) in [4.78, 5) is 7.93. The second kappa shape index (κ2) is 3.98. The van der Waals surface area contributed by atoms with Gasteiger partial charge in [0.2, 0.25) is 5.95 Å². The van der Waals surface area contributed by atoms with Crippen molar-refractivity contribution in [1.82, 2.24) is 9.97 Å². The molecule has 0 aliphatic rings. The van der Waals surface area contributed by atoms with Gasteiger partial charge in [0.15, 0.2) is 0 Å². The van der Waals surface area contributed by atoms with Crippen molar-refractivity contribution in [2.75, 3.05) is 5.73 Å². The zero-order chi connectivity index (χ0) is 11.7. The Bertz CT molecular complexity index is 519. The van der Waals surface area contributed by atoms with E-state index in [1.807, 2.05) is 6.07 Å². The zero-order valence-corrected chi connectivity index (χ0v) is 9.36. The molecule has 0 saturated carbocycles. The van der Waals surface area contributed by atoms with Crippen LogP contribution in [-0.2, 0) is 0 Å². The van der Waals surface area contributed by atoms with Crippen LogP contribution in [0.2, 0.25) is 5.15 Å². The Morgan fingerprint density at radius 2 is 2.06 bits per heavy atom. The molecule has 0 saturated heterocycles. The summed E-state index contributed by atoms with van der Waals surface area (Å²) in [6.45, 7) is 1.79. The Labute approximate surface area is 97.7 Å². The molecule has 1 heterocycles. The largest absolute Gasteiger partial charge is 0.508 e. The zero-order valence-electron chi connectivity index (χ0n) is 8.61. The van der Waals surface area contributed by atoms with Crippen molar-refractivity contribution in [1.29, 1.82) is 0 Å². The Hall–Kier alpha value is -1.81. The highest BCUT2D eigenvalue weighted by molar-refractivity contribution is 6.32. The molecule has 0 aliphatic heterocycles. The lowest BCUT2D eigenvalue weighted by Gasteiger charge is -2.08. The Kier molecular flexibility index (Phi) is 2.66. The number of phenols is 1. The van der Waals surface area contributed by atoms with Gasteiger partial charge in [0.25, 0.3) is 0 Å². The molecule has 0 bridgehead atoms. The summed E-state index contributed by atoms with van der Waals surface area (Å²) in [5.74, 6) is 0.316. The van der Waals surface area contributed by atoms with Crippen LogP contribution < -0.4 is 5.73 Å². The molecule has 82 valence electrons. The molecule has 0 fully saturated rings. The lowest BCUT2D eigenvalue weighted by Crippen LogP contribution is -1.99. The first kappa shape index (κ1) is 10.7. The number of hydrogen-bond donors (Lipinski definition) is 2. The highest BCUT2D eigenvalue weighted by atomic mass is 35.5. The summed E-state index contributed by atoms with van der Waals surface area (Å²) in [5, 5.41) is 9.69. The van der Waals surface area contributed by atoms with Crippen LogP contribution in [0.3, 0.4) is 0 Å². The molecule has 0 radical (unpaired) electrons. The van der Waals surface area contributed by atoms with E-state index in [-0.39, 0.29) is 16.9 Å². The summed E-state index contributed by atoms with van der Waals surface area (Å²) in [5.41, 5.74) is 7.62. The Balaban J connectivity index is 2.64. The molecular formula is C11H10ClN3O. The number of anilines is 1. The standard InChI is InChI=1S/C11H10ClN3O/c1-6-9(10(12)15-11(13)14-6)7-3-2-4-8(16)5-7/h2-5,16H,1H3,(H2,13,14,15). The van der Waals surface area contributed by atoms with Gasteiger partial charge in [-0.15, -0.1) is 0 Å². The number of aryl methyl sites for hydroxylation is 1. The fourth-order valence-electron chi connectivity index (χ4n) is 1.55. The quantitative estimate of drug-likeness (QED) is 0.745. The van der Waals surface area contributed by atoms with Crippen LogP contribution >= 0.6 is 11.6 Å². The maximum Gasteiger partial charge on any atom is 0.221 e. The third-order valence-corrected chi connectivity index (χ3v) is 2.47. The number of nitrogen functional groups attached to an aromatic ring is 1.